The van der Waals surface area contributed by atoms with E-state index in [1.165, 1.54) is 13.1 Å². The predicted octanol–water partition coefficient (Wildman–Crippen LogP) is 0.493. The van der Waals surface area contributed by atoms with Crippen LogP contribution in [0.4, 0.5) is 0 Å². The number of rotatable bonds is 7. The van der Waals surface area contributed by atoms with Gasteiger partial charge in [-0.3, -0.25) is 4.90 Å². The summed E-state index contributed by atoms with van der Waals surface area (Å²) in [5, 5.41) is 3.49. The van der Waals surface area contributed by atoms with Crippen LogP contribution in [0, 0.1) is 5.92 Å². The third kappa shape index (κ3) is 4.54. The lowest BCUT2D eigenvalue weighted by atomic mass is 10.1. The highest BCUT2D eigenvalue weighted by atomic mass is 16.5. The van der Waals surface area contributed by atoms with Crippen molar-refractivity contribution in [3.05, 3.63) is 0 Å². The van der Waals surface area contributed by atoms with E-state index in [1.54, 1.807) is 7.11 Å². The Morgan fingerprint density at radius 1 is 1.41 bits per heavy atom. The summed E-state index contributed by atoms with van der Waals surface area (Å²) >= 11 is 0. The highest BCUT2D eigenvalue weighted by Crippen LogP contribution is 2.19. The maximum atomic E-state index is 5.27. The van der Waals surface area contributed by atoms with Crippen molar-refractivity contribution in [2.45, 2.75) is 25.9 Å². The van der Waals surface area contributed by atoms with Gasteiger partial charge in [-0.15, -0.1) is 0 Å². The molecule has 4 heteroatoms. The van der Waals surface area contributed by atoms with Crippen LogP contribution in [0.3, 0.4) is 0 Å². The molecular weight excluding hydrogens is 214 g/mol. The Kier molecular flexibility index (Phi) is 6.41. The molecule has 1 aliphatic rings. The van der Waals surface area contributed by atoms with Crippen molar-refractivity contribution >= 4 is 0 Å². The van der Waals surface area contributed by atoms with E-state index in [1.807, 2.05) is 0 Å². The van der Waals surface area contributed by atoms with Gasteiger partial charge in [0.15, 0.2) is 0 Å². The van der Waals surface area contributed by atoms with E-state index >= 15 is 0 Å². The molecule has 17 heavy (non-hydrogen) atoms. The minimum atomic E-state index is 0.457. The maximum Gasteiger partial charge on any atom is 0.0628 e. The van der Waals surface area contributed by atoms with Crippen LogP contribution in [0.1, 0.15) is 13.8 Å². The van der Waals surface area contributed by atoms with Crippen LogP contribution >= 0.6 is 0 Å². The summed E-state index contributed by atoms with van der Waals surface area (Å²) < 4.78 is 5.27. The fourth-order valence-corrected chi connectivity index (χ4v) is 2.85. The standard InChI is InChI=1S/C13H29N3O/c1-6-14-12(10-17-5)8-16-7-11(2)13(9-16)15(3)4/h11-14H,6-10H2,1-5H3. The highest BCUT2D eigenvalue weighted by Gasteiger charge is 2.31. The Hall–Kier alpha value is -0.160. The SMILES string of the molecule is CCNC(COC)CN1CC(C)C(N(C)C)C1. The highest BCUT2D eigenvalue weighted by molar-refractivity contribution is 4.88. The first-order valence-electron chi connectivity index (χ1n) is 6.69. The van der Waals surface area contributed by atoms with Crippen LogP contribution in [0.5, 0.6) is 0 Å². The summed E-state index contributed by atoms with van der Waals surface area (Å²) in [4.78, 5) is 4.91. The Balaban J connectivity index is 2.41. The third-order valence-corrected chi connectivity index (χ3v) is 3.65. The topological polar surface area (TPSA) is 27.7 Å². The van der Waals surface area contributed by atoms with Crippen LogP contribution in [0.2, 0.25) is 0 Å². The predicted molar refractivity (Wildman–Crippen MR) is 72.4 cm³/mol. The van der Waals surface area contributed by atoms with Crippen LogP contribution in [0.15, 0.2) is 0 Å². The molecule has 0 aromatic rings. The average Bonchev–Trinajstić information content (AvgIpc) is 2.60. The summed E-state index contributed by atoms with van der Waals surface area (Å²) in [5.41, 5.74) is 0. The van der Waals surface area contributed by atoms with Crippen LogP contribution < -0.4 is 5.32 Å². The minimum Gasteiger partial charge on any atom is -0.383 e. The van der Waals surface area contributed by atoms with E-state index in [-0.39, 0.29) is 0 Å². The Labute approximate surface area is 106 Å². The summed E-state index contributed by atoms with van der Waals surface area (Å²) in [7, 11) is 6.14. The molecule has 0 radical (unpaired) electrons. The number of ether oxygens (including phenoxy) is 1. The Morgan fingerprint density at radius 2 is 2.12 bits per heavy atom. The fraction of sp³-hybridized carbons (Fsp3) is 1.00. The monoisotopic (exact) mass is 243 g/mol. The van der Waals surface area contributed by atoms with Crippen molar-refractivity contribution in [3.8, 4) is 0 Å². The molecule has 4 nitrogen and oxygen atoms in total. The first kappa shape index (κ1) is 14.9. The zero-order chi connectivity index (χ0) is 12.8. The van der Waals surface area contributed by atoms with Crippen molar-refractivity contribution in [3.63, 3.8) is 0 Å². The first-order valence-corrected chi connectivity index (χ1v) is 6.69. The van der Waals surface area contributed by atoms with E-state index in [9.17, 15) is 0 Å². The van der Waals surface area contributed by atoms with Crippen molar-refractivity contribution in [1.82, 2.24) is 15.1 Å². The molecule has 1 N–H and O–H groups in total. The van der Waals surface area contributed by atoms with Gasteiger partial charge in [-0.1, -0.05) is 13.8 Å². The van der Waals surface area contributed by atoms with Gasteiger partial charge in [0.05, 0.1) is 6.61 Å². The first-order chi connectivity index (χ1) is 8.08. The largest absolute Gasteiger partial charge is 0.383 e. The number of hydrogen-bond donors (Lipinski definition) is 1. The molecular formula is C13H29N3O. The van der Waals surface area contributed by atoms with Gasteiger partial charge in [-0.2, -0.15) is 0 Å². The number of likely N-dealkylation sites (N-methyl/N-ethyl adjacent to an activating group) is 2. The van der Waals surface area contributed by atoms with Gasteiger partial charge in [0, 0.05) is 38.8 Å². The Bertz CT molecular complexity index is 205. The molecule has 1 heterocycles. The summed E-state index contributed by atoms with van der Waals surface area (Å²) in [6, 6.07) is 1.15. The lowest BCUT2D eigenvalue weighted by Gasteiger charge is -2.25. The summed E-state index contributed by atoms with van der Waals surface area (Å²) in [6.07, 6.45) is 0. The molecule has 0 amide bonds. The van der Waals surface area contributed by atoms with Gasteiger partial charge in [-0.25, -0.2) is 0 Å². The van der Waals surface area contributed by atoms with Gasteiger partial charge in [0.25, 0.3) is 0 Å². The van der Waals surface area contributed by atoms with Crippen LogP contribution in [-0.4, -0.2) is 75.9 Å². The molecule has 0 saturated carbocycles. The number of methoxy groups -OCH3 is 1. The second-order valence-electron chi connectivity index (χ2n) is 5.44. The van der Waals surface area contributed by atoms with Crippen molar-refractivity contribution in [2.75, 3.05) is 54.0 Å². The molecule has 3 unspecified atom stereocenters. The molecule has 1 saturated heterocycles. The van der Waals surface area contributed by atoms with Crippen molar-refractivity contribution in [1.29, 1.82) is 0 Å². The lowest BCUT2D eigenvalue weighted by molar-refractivity contribution is 0.143. The molecule has 3 atom stereocenters. The summed E-state index contributed by atoms with van der Waals surface area (Å²) in [5.74, 6) is 0.759. The number of nitrogens with zero attached hydrogens (tertiary/aromatic N) is 2. The number of nitrogens with one attached hydrogen (secondary N) is 1. The average molecular weight is 243 g/mol. The second-order valence-corrected chi connectivity index (χ2v) is 5.44. The number of likely N-dealkylation sites (tertiary alicyclic amines) is 1. The number of hydrogen-bond acceptors (Lipinski definition) is 4. The van der Waals surface area contributed by atoms with Gasteiger partial charge < -0.3 is 15.0 Å². The van der Waals surface area contributed by atoms with Crippen molar-refractivity contribution in [2.24, 2.45) is 5.92 Å². The fourth-order valence-electron chi connectivity index (χ4n) is 2.85. The molecule has 1 aliphatic heterocycles. The minimum absolute atomic E-state index is 0.457. The van der Waals surface area contributed by atoms with E-state index in [0.29, 0.717) is 12.1 Å². The quantitative estimate of drug-likeness (QED) is 0.704. The van der Waals surface area contributed by atoms with Gasteiger partial charge in [-0.05, 0) is 26.6 Å². The molecule has 1 fully saturated rings. The normalized spacial score (nSPS) is 27.9. The molecule has 0 bridgehead atoms. The van der Waals surface area contributed by atoms with E-state index in [2.05, 4.69) is 43.1 Å². The zero-order valence-corrected chi connectivity index (χ0v) is 12.1. The van der Waals surface area contributed by atoms with E-state index in [0.717, 1.165) is 25.6 Å². The van der Waals surface area contributed by atoms with Gasteiger partial charge in [0.1, 0.15) is 0 Å². The molecule has 0 spiro atoms. The van der Waals surface area contributed by atoms with Gasteiger partial charge >= 0.3 is 0 Å². The zero-order valence-electron chi connectivity index (χ0n) is 12.1. The van der Waals surface area contributed by atoms with Crippen molar-refractivity contribution < 1.29 is 4.74 Å². The maximum absolute atomic E-state index is 5.27. The molecule has 1 rings (SSSR count). The molecule has 0 aromatic heterocycles. The molecule has 0 aromatic carbocycles. The van der Waals surface area contributed by atoms with Crippen LogP contribution in [-0.2, 0) is 4.74 Å². The second kappa shape index (κ2) is 7.31. The third-order valence-electron chi connectivity index (χ3n) is 3.65. The smallest absolute Gasteiger partial charge is 0.0628 e. The van der Waals surface area contributed by atoms with Crippen LogP contribution in [0.25, 0.3) is 0 Å². The summed E-state index contributed by atoms with van der Waals surface area (Å²) in [6.45, 7) is 9.78. The van der Waals surface area contributed by atoms with E-state index in [4.69, 9.17) is 4.74 Å². The van der Waals surface area contributed by atoms with E-state index < -0.39 is 0 Å². The molecule has 102 valence electrons. The van der Waals surface area contributed by atoms with Gasteiger partial charge in [0.2, 0.25) is 0 Å². The molecule has 0 aliphatic carbocycles. The lowest BCUT2D eigenvalue weighted by Crippen LogP contribution is -2.43. The Morgan fingerprint density at radius 3 is 2.59 bits per heavy atom.